The summed E-state index contributed by atoms with van der Waals surface area (Å²) in [6.45, 7) is 13.3. The molecule has 0 bridgehead atoms. The lowest BCUT2D eigenvalue weighted by molar-refractivity contribution is -0.139. The van der Waals surface area contributed by atoms with E-state index >= 15 is 0 Å². The van der Waals surface area contributed by atoms with E-state index in [0.717, 1.165) is 95.9 Å². The Hall–Kier alpha value is -3.40. The Morgan fingerprint density at radius 1 is 0.894 bits per heavy atom. The van der Waals surface area contributed by atoms with Crippen molar-refractivity contribution in [2.45, 2.75) is 71.4 Å². The number of urea groups is 1. The molecule has 0 aromatic heterocycles. The maximum Gasteiger partial charge on any atom is 0.338 e. The third-order valence-corrected chi connectivity index (χ3v) is 9.76. The van der Waals surface area contributed by atoms with E-state index in [1.54, 1.807) is 4.90 Å². The minimum absolute atomic E-state index is 0.170. The number of esters is 1. The van der Waals surface area contributed by atoms with Crippen molar-refractivity contribution in [1.82, 2.24) is 20.0 Å². The van der Waals surface area contributed by atoms with E-state index in [4.69, 9.17) is 14.2 Å². The standard InChI is InChI=1S/C38H54N4O5/c1-3-46-37(43)35-30(2)42(23-19-31-17-21-41(22-18-31)29-32-11-7-6-8-12-32)38(44)39-36(35)33-13-15-34(16-14-33)47-26-10-5-4-9-20-40-24-27-45-28-25-40/h6-8,11-16,31,36H,3-5,9-10,17-29H2,1-2H3,(H,39,44). The van der Waals surface area contributed by atoms with Gasteiger partial charge in [-0.2, -0.15) is 0 Å². The van der Waals surface area contributed by atoms with Crippen LogP contribution < -0.4 is 10.1 Å². The summed E-state index contributed by atoms with van der Waals surface area (Å²) in [5, 5.41) is 3.11. The summed E-state index contributed by atoms with van der Waals surface area (Å²) >= 11 is 0. The Labute approximate surface area is 281 Å². The number of nitrogens with one attached hydrogen (secondary N) is 1. The number of ether oxygens (including phenoxy) is 3. The molecule has 2 amide bonds. The average molecular weight is 647 g/mol. The van der Waals surface area contributed by atoms with Crippen LogP contribution in [0.5, 0.6) is 5.75 Å². The lowest BCUT2D eigenvalue weighted by atomic mass is 9.92. The molecule has 0 aliphatic carbocycles. The molecule has 2 saturated heterocycles. The van der Waals surface area contributed by atoms with Crippen molar-refractivity contribution in [3.8, 4) is 5.75 Å². The van der Waals surface area contributed by atoms with Crippen LogP contribution in [0.1, 0.15) is 76.0 Å². The molecule has 3 aliphatic heterocycles. The second-order valence-corrected chi connectivity index (χ2v) is 13.0. The number of piperidine rings is 1. The SMILES string of the molecule is CCOC(=O)C1=C(C)N(CCC2CCN(Cc3ccccc3)CC2)C(=O)NC1c1ccc(OCCCCCCN2CCOCC2)cc1. The minimum atomic E-state index is -0.570. The predicted octanol–water partition coefficient (Wildman–Crippen LogP) is 6.16. The van der Waals surface area contributed by atoms with Gasteiger partial charge >= 0.3 is 12.0 Å². The summed E-state index contributed by atoms with van der Waals surface area (Å²) in [4.78, 5) is 33.4. The number of carbonyl (C=O) groups excluding carboxylic acids is 2. The van der Waals surface area contributed by atoms with Crippen molar-refractivity contribution >= 4 is 12.0 Å². The van der Waals surface area contributed by atoms with E-state index in [2.05, 4.69) is 45.4 Å². The molecule has 5 rings (SSSR count). The number of allylic oxidation sites excluding steroid dienone is 1. The zero-order chi connectivity index (χ0) is 32.8. The van der Waals surface area contributed by atoms with Crippen LogP contribution in [0.15, 0.2) is 65.9 Å². The molecule has 0 saturated carbocycles. The van der Waals surface area contributed by atoms with Crippen molar-refractivity contribution < 1.29 is 23.8 Å². The minimum Gasteiger partial charge on any atom is -0.494 e. The summed E-state index contributed by atoms with van der Waals surface area (Å²) in [6, 6.07) is 17.6. The van der Waals surface area contributed by atoms with Gasteiger partial charge in [0.25, 0.3) is 0 Å². The molecular formula is C38H54N4O5. The van der Waals surface area contributed by atoms with E-state index in [-0.39, 0.29) is 18.6 Å². The van der Waals surface area contributed by atoms with Crippen LogP contribution in [0.25, 0.3) is 0 Å². The van der Waals surface area contributed by atoms with Crippen molar-refractivity contribution in [1.29, 1.82) is 0 Å². The predicted molar refractivity (Wildman–Crippen MR) is 184 cm³/mol. The van der Waals surface area contributed by atoms with Crippen molar-refractivity contribution in [3.05, 3.63) is 77.0 Å². The number of benzene rings is 2. The molecule has 9 heteroatoms. The molecule has 2 fully saturated rings. The summed E-state index contributed by atoms with van der Waals surface area (Å²) < 4.78 is 16.9. The smallest absolute Gasteiger partial charge is 0.338 e. The quantitative estimate of drug-likeness (QED) is 0.173. The molecular weight excluding hydrogens is 592 g/mol. The Bertz CT molecular complexity index is 1290. The first kappa shape index (κ1) is 34.9. The van der Waals surface area contributed by atoms with Gasteiger partial charge in [-0.25, -0.2) is 9.59 Å². The fourth-order valence-corrected chi connectivity index (χ4v) is 6.92. The molecule has 2 aromatic carbocycles. The molecule has 1 unspecified atom stereocenters. The molecule has 0 spiro atoms. The van der Waals surface area contributed by atoms with Gasteiger partial charge in [-0.3, -0.25) is 14.7 Å². The highest BCUT2D eigenvalue weighted by Gasteiger charge is 2.36. The van der Waals surface area contributed by atoms with Crippen molar-refractivity contribution in [2.75, 3.05) is 65.7 Å². The van der Waals surface area contributed by atoms with Crippen LogP contribution in [-0.2, 0) is 20.8 Å². The number of hydrogen-bond donors (Lipinski definition) is 1. The highest BCUT2D eigenvalue weighted by atomic mass is 16.5. The molecule has 3 aliphatic rings. The van der Waals surface area contributed by atoms with Gasteiger partial charge in [0.05, 0.1) is 38.0 Å². The normalized spacial score (nSPS) is 19.9. The van der Waals surface area contributed by atoms with Gasteiger partial charge in [0, 0.05) is 31.9 Å². The summed E-state index contributed by atoms with van der Waals surface area (Å²) in [7, 11) is 0. The highest BCUT2D eigenvalue weighted by molar-refractivity contribution is 5.95. The first-order valence-corrected chi connectivity index (χ1v) is 17.8. The van der Waals surface area contributed by atoms with E-state index in [1.807, 2.05) is 38.1 Å². The fraction of sp³-hybridized carbons (Fsp3) is 0.579. The van der Waals surface area contributed by atoms with Crippen LogP contribution in [0.4, 0.5) is 4.79 Å². The molecule has 3 heterocycles. The van der Waals surface area contributed by atoms with E-state index < -0.39 is 6.04 Å². The third kappa shape index (κ3) is 10.3. The lowest BCUT2D eigenvalue weighted by Gasteiger charge is -2.37. The molecule has 2 aromatic rings. The van der Waals surface area contributed by atoms with E-state index in [1.165, 1.54) is 18.4 Å². The summed E-state index contributed by atoms with van der Waals surface area (Å²) in [5.41, 5.74) is 3.35. The zero-order valence-electron chi connectivity index (χ0n) is 28.5. The Morgan fingerprint density at radius 3 is 2.34 bits per heavy atom. The zero-order valence-corrected chi connectivity index (χ0v) is 28.5. The summed E-state index contributed by atoms with van der Waals surface area (Å²) in [6.07, 6.45) is 7.71. The number of amides is 2. The van der Waals surface area contributed by atoms with Crippen molar-refractivity contribution in [3.63, 3.8) is 0 Å². The Kier molecular flexibility index (Phi) is 13.5. The molecule has 0 radical (unpaired) electrons. The second kappa shape index (κ2) is 18.2. The van der Waals surface area contributed by atoms with E-state index in [9.17, 15) is 9.59 Å². The van der Waals surface area contributed by atoms with E-state index in [0.29, 0.717) is 30.3 Å². The number of rotatable bonds is 16. The molecule has 1 N–H and O–H groups in total. The molecule has 1 atom stereocenters. The number of likely N-dealkylation sites (tertiary alicyclic amines) is 1. The van der Waals surface area contributed by atoms with Crippen molar-refractivity contribution in [2.24, 2.45) is 5.92 Å². The monoisotopic (exact) mass is 646 g/mol. The maximum absolute atomic E-state index is 13.4. The topological polar surface area (TPSA) is 83.6 Å². The number of hydrogen-bond acceptors (Lipinski definition) is 7. The third-order valence-electron chi connectivity index (χ3n) is 9.76. The molecule has 256 valence electrons. The summed E-state index contributed by atoms with van der Waals surface area (Å²) in [5.74, 6) is 0.955. The first-order chi connectivity index (χ1) is 23.0. The molecule has 9 nitrogen and oxygen atoms in total. The number of unbranched alkanes of at least 4 members (excludes halogenated alkanes) is 3. The van der Waals surface area contributed by atoms with Gasteiger partial charge < -0.3 is 19.5 Å². The van der Waals surface area contributed by atoms with Gasteiger partial charge in [0.1, 0.15) is 5.75 Å². The lowest BCUT2D eigenvalue weighted by Crippen LogP contribution is -2.48. The second-order valence-electron chi connectivity index (χ2n) is 13.0. The Balaban J connectivity index is 1.10. The van der Waals surface area contributed by atoms with Gasteiger partial charge in [-0.05, 0) is 94.8 Å². The van der Waals surface area contributed by atoms with Crippen LogP contribution in [0.3, 0.4) is 0 Å². The number of nitrogens with zero attached hydrogens (tertiary/aromatic N) is 3. The fourth-order valence-electron chi connectivity index (χ4n) is 6.92. The highest BCUT2D eigenvalue weighted by Crippen LogP contribution is 2.33. The van der Waals surface area contributed by atoms with Crippen LogP contribution in [0, 0.1) is 5.92 Å². The van der Waals surface area contributed by atoms with Gasteiger partial charge in [0.15, 0.2) is 0 Å². The Morgan fingerprint density at radius 2 is 1.62 bits per heavy atom. The van der Waals surface area contributed by atoms with Crippen LogP contribution >= 0.6 is 0 Å². The largest absolute Gasteiger partial charge is 0.494 e. The van der Waals surface area contributed by atoms with Crippen LogP contribution in [-0.4, -0.2) is 92.4 Å². The first-order valence-electron chi connectivity index (χ1n) is 17.8. The van der Waals surface area contributed by atoms with Gasteiger partial charge in [0.2, 0.25) is 0 Å². The number of carbonyl (C=O) groups is 2. The average Bonchev–Trinajstić information content (AvgIpc) is 3.09. The van der Waals surface area contributed by atoms with Crippen LogP contribution in [0.2, 0.25) is 0 Å². The van der Waals surface area contributed by atoms with Gasteiger partial charge in [-0.1, -0.05) is 55.3 Å². The number of morpholine rings is 1. The van der Waals surface area contributed by atoms with Gasteiger partial charge in [-0.15, -0.1) is 0 Å². The molecule has 47 heavy (non-hydrogen) atoms. The maximum atomic E-state index is 13.4.